The summed E-state index contributed by atoms with van der Waals surface area (Å²) in [6.07, 6.45) is 5.25. The molecule has 23 heavy (non-hydrogen) atoms. The molecule has 2 heterocycles. The van der Waals surface area contributed by atoms with Gasteiger partial charge in [-0.25, -0.2) is 0 Å². The summed E-state index contributed by atoms with van der Waals surface area (Å²) in [5, 5.41) is 0. The summed E-state index contributed by atoms with van der Waals surface area (Å²) in [4.78, 5) is 30.1. The molecule has 0 bridgehead atoms. The fourth-order valence-corrected chi connectivity index (χ4v) is 3.91. The molecule has 5 nitrogen and oxygen atoms in total. The van der Waals surface area contributed by atoms with Crippen molar-refractivity contribution in [2.75, 3.05) is 39.3 Å². The lowest BCUT2D eigenvalue weighted by Crippen LogP contribution is -2.56. The molecule has 130 valence electrons. The Bertz CT molecular complexity index is 453. The minimum atomic E-state index is 0.0981. The molecular formula is C18H31N3O2. The Morgan fingerprint density at radius 2 is 1.74 bits per heavy atom. The smallest absolute Gasteiger partial charge is 0.236 e. The van der Waals surface area contributed by atoms with E-state index in [1.54, 1.807) is 6.92 Å². The van der Waals surface area contributed by atoms with E-state index < -0.39 is 0 Å². The summed E-state index contributed by atoms with van der Waals surface area (Å²) in [5.74, 6) is 0.292. The van der Waals surface area contributed by atoms with Crippen molar-refractivity contribution in [1.29, 1.82) is 0 Å². The number of hydrogen-bond donors (Lipinski definition) is 0. The average Bonchev–Trinajstić information content (AvgIpc) is 2.50. The van der Waals surface area contributed by atoms with E-state index in [4.69, 9.17) is 0 Å². The number of rotatable bonds is 4. The number of piperazine rings is 1. The molecule has 2 amide bonds. The van der Waals surface area contributed by atoms with E-state index in [1.165, 1.54) is 6.42 Å². The summed E-state index contributed by atoms with van der Waals surface area (Å²) in [6, 6.07) is 0.385. The maximum atomic E-state index is 12.7. The van der Waals surface area contributed by atoms with Crippen LogP contribution >= 0.6 is 0 Å². The van der Waals surface area contributed by atoms with E-state index in [-0.39, 0.29) is 17.2 Å². The molecule has 2 aliphatic rings. The van der Waals surface area contributed by atoms with Gasteiger partial charge in [-0.15, -0.1) is 6.58 Å². The molecule has 2 saturated heterocycles. The van der Waals surface area contributed by atoms with Crippen LogP contribution in [-0.2, 0) is 9.59 Å². The summed E-state index contributed by atoms with van der Waals surface area (Å²) >= 11 is 0. The second-order valence-electron chi connectivity index (χ2n) is 7.49. The first-order valence-electron chi connectivity index (χ1n) is 8.73. The van der Waals surface area contributed by atoms with Crippen molar-refractivity contribution in [2.45, 2.75) is 46.1 Å². The molecule has 0 aliphatic carbocycles. The highest BCUT2D eigenvalue weighted by molar-refractivity contribution is 5.79. The van der Waals surface area contributed by atoms with Crippen LogP contribution in [0, 0.1) is 5.41 Å². The first-order valence-corrected chi connectivity index (χ1v) is 8.73. The number of carbonyl (C=O) groups excluding carboxylic acids is 2. The first-order chi connectivity index (χ1) is 10.8. The van der Waals surface area contributed by atoms with E-state index in [1.807, 2.05) is 15.9 Å². The largest absolute Gasteiger partial charge is 0.339 e. The molecule has 0 radical (unpaired) electrons. The van der Waals surface area contributed by atoms with E-state index in [0.29, 0.717) is 38.8 Å². The topological polar surface area (TPSA) is 43.9 Å². The zero-order valence-corrected chi connectivity index (χ0v) is 14.9. The van der Waals surface area contributed by atoms with Gasteiger partial charge in [0.15, 0.2) is 0 Å². The number of nitrogens with zero attached hydrogens (tertiary/aromatic N) is 3. The molecule has 1 atom stereocenters. The molecule has 0 aromatic rings. The summed E-state index contributed by atoms with van der Waals surface area (Å²) in [6.45, 7) is 14.2. The second kappa shape index (κ2) is 7.47. The van der Waals surface area contributed by atoms with Gasteiger partial charge >= 0.3 is 0 Å². The van der Waals surface area contributed by atoms with Crippen molar-refractivity contribution in [3.63, 3.8) is 0 Å². The van der Waals surface area contributed by atoms with Crippen LogP contribution in [-0.4, -0.2) is 71.8 Å². The number of piperidine rings is 1. The molecule has 0 aromatic carbocycles. The van der Waals surface area contributed by atoms with Crippen LogP contribution in [0.15, 0.2) is 12.7 Å². The van der Waals surface area contributed by atoms with Crippen molar-refractivity contribution in [2.24, 2.45) is 5.41 Å². The van der Waals surface area contributed by atoms with Gasteiger partial charge in [-0.2, -0.15) is 0 Å². The van der Waals surface area contributed by atoms with Gasteiger partial charge in [-0.3, -0.25) is 14.5 Å². The van der Waals surface area contributed by atoms with Crippen LogP contribution in [0.4, 0.5) is 0 Å². The van der Waals surface area contributed by atoms with Crippen molar-refractivity contribution < 1.29 is 9.59 Å². The van der Waals surface area contributed by atoms with Gasteiger partial charge < -0.3 is 9.80 Å². The molecule has 0 N–H and O–H groups in total. The Morgan fingerprint density at radius 1 is 1.13 bits per heavy atom. The third kappa shape index (κ3) is 4.34. The Kier molecular flexibility index (Phi) is 5.84. The van der Waals surface area contributed by atoms with Crippen LogP contribution in [0.5, 0.6) is 0 Å². The van der Waals surface area contributed by atoms with Gasteiger partial charge in [0.05, 0.1) is 6.54 Å². The Balaban J connectivity index is 1.93. The van der Waals surface area contributed by atoms with Gasteiger partial charge in [-0.1, -0.05) is 19.9 Å². The lowest BCUT2D eigenvalue weighted by molar-refractivity contribution is -0.140. The molecular weight excluding hydrogens is 290 g/mol. The van der Waals surface area contributed by atoms with Gasteiger partial charge in [0.2, 0.25) is 11.8 Å². The van der Waals surface area contributed by atoms with Crippen LogP contribution < -0.4 is 0 Å². The molecule has 2 aliphatic heterocycles. The second-order valence-corrected chi connectivity index (χ2v) is 7.49. The number of carbonyl (C=O) groups is 2. The summed E-state index contributed by atoms with van der Waals surface area (Å²) < 4.78 is 0. The van der Waals surface area contributed by atoms with E-state index in [0.717, 1.165) is 19.4 Å². The monoisotopic (exact) mass is 321 g/mol. The Labute approximate surface area is 140 Å². The third-order valence-electron chi connectivity index (χ3n) is 5.42. The zero-order valence-electron chi connectivity index (χ0n) is 14.9. The maximum Gasteiger partial charge on any atom is 0.236 e. The lowest BCUT2D eigenvalue weighted by Gasteiger charge is -2.47. The highest BCUT2D eigenvalue weighted by Gasteiger charge is 2.37. The fourth-order valence-electron chi connectivity index (χ4n) is 3.91. The molecule has 0 unspecified atom stereocenters. The van der Waals surface area contributed by atoms with Gasteiger partial charge in [0.25, 0.3) is 0 Å². The van der Waals surface area contributed by atoms with Gasteiger partial charge in [0, 0.05) is 39.1 Å². The first kappa shape index (κ1) is 18.0. The highest BCUT2D eigenvalue weighted by atomic mass is 16.2. The third-order valence-corrected chi connectivity index (χ3v) is 5.42. The minimum Gasteiger partial charge on any atom is -0.339 e. The van der Waals surface area contributed by atoms with E-state index in [9.17, 15) is 9.59 Å². The molecule has 5 heteroatoms. The predicted octanol–water partition coefficient (Wildman–Crippen LogP) is 1.74. The molecule has 2 rings (SSSR count). The number of hydrogen-bond acceptors (Lipinski definition) is 3. The van der Waals surface area contributed by atoms with Crippen LogP contribution in [0.2, 0.25) is 0 Å². The number of amides is 2. The number of likely N-dealkylation sites (tertiary alicyclic amines) is 1. The van der Waals surface area contributed by atoms with Crippen molar-refractivity contribution >= 4 is 11.8 Å². The lowest BCUT2D eigenvalue weighted by atomic mass is 9.75. The standard InChI is InChI=1S/C18H31N3O2/c1-5-7-16-18(3,4)8-6-9-21(16)14-17(23)20-12-10-19(11-13-20)15(2)22/h5,16H,1,6-14H2,2-4H3/t16-/m0/s1. The quantitative estimate of drug-likeness (QED) is 0.741. The van der Waals surface area contributed by atoms with Crippen molar-refractivity contribution in [3.05, 3.63) is 12.7 Å². The van der Waals surface area contributed by atoms with Gasteiger partial charge in [0.1, 0.15) is 0 Å². The minimum absolute atomic E-state index is 0.0981. The summed E-state index contributed by atoms with van der Waals surface area (Å²) in [5.41, 5.74) is 0.222. The van der Waals surface area contributed by atoms with Crippen LogP contribution in [0.3, 0.4) is 0 Å². The normalized spacial score (nSPS) is 25.3. The molecule has 0 spiro atoms. The average molecular weight is 321 g/mol. The maximum absolute atomic E-state index is 12.7. The SMILES string of the molecule is C=CC[C@@H]1N(CC(=O)N2CCN(C(C)=O)CC2)CCCC1(C)C. The zero-order chi connectivity index (χ0) is 17.0. The predicted molar refractivity (Wildman–Crippen MR) is 92.0 cm³/mol. The molecule has 0 aromatic heterocycles. The van der Waals surface area contributed by atoms with E-state index >= 15 is 0 Å². The Morgan fingerprint density at radius 3 is 2.30 bits per heavy atom. The molecule has 0 saturated carbocycles. The van der Waals surface area contributed by atoms with Gasteiger partial charge in [-0.05, 0) is 31.2 Å². The summed E-state index contributed by atoms with van der Waals surface area (Å²) in [7, 11) is 0. The highest BCUT2D eigenvalue weighted by Crippen LogP contribution is 2.36. The Hall–Kier alpha value is -1.36. The molecule has 2 fully saturated rings. The van der Waals surface area contributed by atoms with Crippen molar-refractivity contribution in [1.82, 2.24) is 14.7 Å². The van der Waals surface area contributed by atoms with Crippen LogP contribution in [0.1, 0.15) is 40.0 Å². The fraction of sp³-hybridized carbons (Fsp3) is 0.778. The van der Waals surface area contributed by atoms with Crippen LogP contribution in [0.25, 0.3) is 0 Å². The van der Waals surface area contributed by atoms with E-state index in [2.05, 4.69) is 25.3 Å². The van der Waals surface area contributed by atoms with Crippen molar-refractivity contribution in [3.8, 4) is 0 Å².